The summed E-state index contributed by atoms with van der Waals surface area (Å²) in [7, 11) is -3.98. The maximum Gasteiger partial charge on any atom is 0.322 e. The number of sulfonamides is 1. The first-order valence-corrected chi connectivity index (χ1v) is 10.9. The third kappa shape index (κ3) is 4.47. The molecule has 11 heteroatoms. The molecule has 2 aromatic carbocycles. The maximum absolute atomic E-state index is 13.4. The lowest BCUT2D eigenvalue weighted by molar-refractivity contribution is -0.121. The molecular formula is C20H18F2N4O4S. The van der Waals surface area contributed by atoms with Gasteiger partial charge >= 0.3 is 6.01 Å². The highest BCUT2D eigenvalue weighted by Crippen LogP contribution is 2.26. The van der Waals surface area contributed by atoms with E-state index in [1.54, 1.807) is 12.1 Å². The third-order valence-electron chi connectivity index (χ3n) is 5.03. The van der Waals surface area contributed by atoms with E-state index in [4.69, 9.17) is 4.42 Å². The highest BCUT2D eigenvalue weighted by atomic mass is 32.2. The minimum atomic E-state index is -3.98. The normalized spacial score (nSPS) is 15.7. The van der Waals surface area contributed by atoms with Crippen molar-refractivity contribution in [3.05, 3.63) is 60.2 Å². The van der Waals surface area contributed by atoms with Gasteiger partial charge in [-0.05, 0) is 43.2 Å². The molecule has 0 unspecified atom stereocenters. The molecule has 0 atom stereocenters. The van der Waals surface area contributed by atoms with Crippen LogP contribution in [0.5, 0.6) is 0 Å². The Morgan fingerprint density at radius 1 is 1.03 bits per heavy atom. The molecular weight excluding hydrogens is 430 g/mol. The van der Waals surface area contributed by atoms with Crippen molar-refractivity contribution >= 4 is 21.9 Å². The van der Waals surface area contributed by atoms with E-state index in [9.17, 15) is 22.0 Å². The lowest BCUT2D eigenvalue weighted by Gasteiger charge is -2.30. The van der Waals surface area contributed by atoms with Crippen LogP contribution in [-0.2, 0) is 14.8 Å². The second-order valence-corrected chi connectivity index (χ2v) is 8.96. The number of hydrogen-bond acceptors (Lipinski definition) is 6. The Hall–Kier alpha value is -3.18. The molecule has 1 N–H and O–H groups in total. The molecule has 0 saturated carbocycles. The fourth-order valence-electron chi connectivity index (χ4n) is 3.32. The van der Waals surface area contributed by atoms with Crippen LogP contribution in [0.15, 0.2) is 57.8 Å². The van der Waals surface area contributed by atoms with Crippen molar-refractivity contribution in [3.63, 3.8) is 0 Å². The zero-order chi connectivity index (χ0) is 22.0. The Labute approximate surface area is 176 Å². The third-order valence-corrected chi connectivity index (χ3v) is 6.92. The smallest absolute Gasteiger partial charge is 0.322 e. The molecule has 31 heavy (non-hydrogen) atoms. The van der Waals surface area contributed by atoms with Gasteiger partial charge in [0.05, 0.1) is 4.90 Å². The lowest BCUT2D eigenvalue weighted by Crippen LogP contribution is -2.41. The zero-order valence-electron chi connectivity index (χ0n) is 16.2. The van der Waals surface area contributed by atoms with Gasteiger partial charge < -0.3 is 4.42 Å². The molecule has 1 fully saturated rings. The van der Waals surface area contributed by atoms with Crippen LogP contribution in [0, 0.1) is 17.6 Å². The van der Waals surface area contributed by atoms with Gasteiger partial charge in [-0.1, -0.05) is 23.3 Å². The van der Waals surface area contributed by atoms with Crippen molar-refractivity contribution in [2.75, 3.05) is 18.4 Å². The first kappa shape index (κ1) is 21.1. The molecule has 4 rings (SSSR count). The van der Waals surface area contributed by atoms with Crippen molar-refractivity contribution in [2.24, 2.45) is 5.92 Å². The summed E-state index contributed by atoms with van der Waals surface area (Å²) in [5.74, 6) is -2.89. The van der Waals surface area contributed by atoms with Crippen LogP contribution in [0.25, 0.3) is 11.5 Å². The number of amides is 1. The Kier molecular flexibility index (Phi) is 5.79. The summed E-state index contributed by atoms with van der Waals surface area (Å²) in [4.78, 5) is 12.2. The standard InChI is InChI=1S/C20H18F2N4O4S/c21-16-7-6-15(12-17(16)22)31(28,29)26-10-8-13(9-11-26)18(27)23-20-25-24-19(30-20)14-4-2-1-3-5-14/h1-7,12-13H,8-11H2,(H,23,25,27). The molecule has 0 radical (unpaired) electrons. The molecule has 0 bridgehead atoms. The molecule has 2 heterocycles. The SMILES string of the molecule is O=C(Nc1nnc(-c2ccccc2)o1)C1CCN(S(=O)(=O)c2ccc(F)c(F)c2)CC1. The predicted molar refractivity (Wildman–Crippen MR) is 106 cm³/mol. The molecule has 0 spiro atoms. The van der Waals surface area contributed by atoms with Crippen molar-refractivity contribution < 1.29 is 26.4 Å². The van der Waals surface area contributed by atoms with Gasteiger partial charge in [-0.25, -0.2) is 17.2 Å². The van der Waals surface area contributed by atoms with Gasteiger partial charge in [-0.3, -0.25) is 10.1 Å². The van der Waals surface area contributed by atoms with Crippen LogP contribution < -0.4 is 5.32 Å². The van der Waals surface area contributed by atoms with Gasteiger partial charge in [0.2, 0.25) is 21.8 Å². The summed E-state index contributed by atoms with van der Waals surface area (Å²) in [5, 5.41) is 10.3. The summed E-state index contributed by atoms with van der Waals surface area (Å²) >= 11 is 0. The number of rotatable bonds is 5. The minimum Gasteiger partial charge on any atom is -0.403 e. The van der Waals surface area contributed by atoms with Crippen LogP contribution >= 0.6 is 0 Å². The van der Waals surface area contributed by atoms with Gasteiger partial charge in [0.25, 0.3) is 0 Å². The number of anilines is 1. The van der Waals surface area contributed by atoms with E-state index in [2.05, 4.69) is 15.5 Å². The number of halogens is 2. The van der Waals surface area contributed by atoms with Gasteiger partial charge in [0.15, 0.2) is 11.6 Å². The van der Waals surface area contributed by atoms with Gasteiger partial charge in [0.1, 0.15) is 0 Å². The minimum absolute atomic E-state index is 0.0410. The van der Waals surface area contributed by atoms with Crippen LogP contribution in [0.3, 0.4) is 0 Å². The highest BCUT2D eigenvalue weighted by molar-refractivity contribution is 7.89. The number of benzene rings is 2. The van der Waals surface area contributed by atoms with Crippen LogP contribution in [0.4, 0.5) is 14.8 Å². The number of carbonyl (C=O) groups is 1. The van der Waals surface area contributed by atoms with Crippen LogP contribution in [0.2, 0.25) is 0 Å². The number of aromatic nitrogens is 2. The Morgan fingerprint density at radius 2 is 1.74 bits per heavy atom. The fraction of sp³-hybridized carbons (Fsp3) is 0.250. The Balaban J connectivity index is 1.37. The van der Waals surface area contributed by atoms with Crippen molar-refractivity contribution in [2.45, 2.75) is 17.7 Å². The summed E-state index contributed by atoms with van der Waals surface area (Å²) in [6.07, 6.45) is 0.517. The van der Waals surface area contributed by atoms with E-state index in [0.717, 1.165) is 16.4 Å². The molecule has 8 nitrogen and oxygen atoms in total. The molecule has 1 saturated heterocycles. The Bertz CT molecular complexity index is 1190. The zero-order valence-corrected chi connectivity index (χ0v) is 17.0. The number of nitrogens with one attached hydrogen (secondary N) is 1. The first-order chi connectivity index (χ1) is 14.8. The molecule has 1 aliphatic rings. The quantitative estimate of drug-likeness (QED) is 0.643. The van der Waals surface area contributed by atoms with Gasteiger partial charge in [-0.2, -0.15) is 4.31 Å². The molecule has 1 aliphatic heterocycles. The van der Waals surface area contributed by atoms with E-state index in [-0.39, 0.29) is 48.6 Å². The lowest BCUT2D eigenvalue weighted by atomic mass is 9.97. The number of hydrogen-bond donors (Lipinski definition) is 1. The molecule has 162 valence electrons. The summed E-state index contributed by atoms with van der Waals surface area (Å²) in [6.45, 7) is 0.136. The van der Waals surface area contributed by atoms with Gasteiger partial charge in [-0.15, -0.1) is 5.10 Å². The number of nitrogens with zero attached hydrogens (tertiary/aromatic N) is 3. The van der Waals surface area contributed by atoms with Crippen molar-refractivity contribution in [1.29, 1.82) is 0 Å². The average molecular weight is 448 g/mol. The maximum atomic E-state index is 13.4. The number of carbonyl (C=O) groups excluding carboxylic acids is 1. The van der Waals surface area contributed by atoms with E-state index >= 15 is 0 Å². The van der Waals surface area contributed by atoms with Gasteiger partial charge in [0, 0.05) is 24.6 Å². The summed E-state index contributed by atoms with van der Waals surface area (Å²) in [6, 6.07) is 11.5. The summed E-state index contributed by atoms with van der Waals surface area (Å²) in [5.41, 5.74) is 0.714. The fourth-order valence-corrected chi connectivity index (χ4v) is 4.81. The monoisotopic (exact) mass is 448 g/mol. The summed E-state index contributed by atoms with van der Waals surface area (Å²) < 4.78 is 58.5. The first-order valence-electron chi connectivity index (χ1n) is 9.49. The molecule has 0 aliphatic carbocycles. The van der Waals surface area contributed by atoms with E-state index in [1.807, 2.05) is 18.2 Å². The second-order valence-electron chi connectivity index (χ2n) is 7.02. The van der Waals surface area contributed by atoms with Crippen molar-refractivity contribution in [1.82, 2.24) is 14.5 Å². The number of piperidine rings is 1. The van der Waals surface area contributed by atoms with Crippen LogP contribution in [0.1, 0.15) is 12.8 Å². The van der Waals surface area contributed by atoms with E-state index < -0.39 is 27.6 Å². The average Bonchev–Trinajstić information content (AvgIpc) is 3.24. The van der Waals surface area contributed by atoms with E-state index in [0.29, 0.717) is 11.6 Å². The molecule has 3 aromatic rings. The second kappa shape index (κ2) is 8.52. The molecule has 1 aromatic heterocycles. The van der Waals surface area contributed by atoms with E-state index in [1.165, 1.54) is 0 Å². The van der Waals surface area contributed by atoms with Crippen molar-refractivity contribution in [3.8, 4) is 11.5 Å². The topological polar surface area (TPSA) is 105 Å². The largest absolute Gasteiger partial charge is 0.403 e. The molecule has 1 amide bonds. The highest BCUT2D eigenvalue weighted by Gasteiger charge is 2.33. The Morgan fingerprint density at radius 3 is 2.42 bits per heavy atom. The predicted octanol–water partition coefficient (Wildman–Crippen LogP) is 3.05. The van der Waals surface area contributed by atoms with Crippen LogP contribution in [-0.4, -0.2) is 41.9 Å².